The molecular formula is C12H17NO4. The SMILES string of the molecule is CCOc1cccc(OC)c1CC(N)C(=O)O. The van der Waals surface area contributed by atoms with E-state index in [-0.39, 0.29) is 6.42 Å². The molecule has 0 spiro atoms. The van der Waals surface area contributed by atoms with Crippen LogP contribution in [-0.2, 0) is 11.2 Å². The third kappa shape index (κ3) is 3.35. The van der Waals surface area contributed by atoms with E-state index in [1.807, 2.05) is 6.92 Å². The Kier molecular flexibility index (Phi) is 4.78. The molecule has 0 amide bonds. The molecule has 0 saturated heterocycles. The number of nitrogens with two attached hydrogens (primary N) is 1. The van der Waals surface area contributed by atoms with Crippen LogP contribution in [0.25, 0.3) is 0 Å². The first-order chi connectivity index (χ1) is 8.10. The van der Waals surface area contributed by atoms with Gasteiger partial charge in [0.1, 0.15) is 17.5 Å². The fourth-order valence-electron chi connectivity index (χ4n) is 1.54. The standard InChI is InChI=1S/C12H17NO4/c1-3-17-11-6-4-5-10(16-2)8(11)7-9(13)12(14)15/h4-6,9H,3,7,13H2,1-2H3,(H,14,15). The van der Waals surface area contributed by atoms with E-state index in [2.05, 4.69) is 0 Å². The van der Waals surface area contributed by atoms with E-state index in [9.17, 15) is 4.79 Å². The molecule has 0 aromatic heterocycles. The number of hydrogen-bond acceptors (Lipinski definition) is 4. The number of carbonyl (C=O) groups is 1. The number of ether oxygens (including phenoxy) is 2. The van der Waals surface area contributed by atoms with Crippen molar-refractivity contribution in [2.45, 2.75) is 19.4 Å². The van der Waals surface area contributed by atoms with Crippen molar-refractivity contribution < 1.29 is 19.4 Å². The molecule has 1 atom stereocenters. The summed E-state index contributed by atoms with van der Waals surface area (Å²) in [6.07, 6.45) is 0.175. The predicted molar refractivity (Wildman–Crippen MR) is 63.5 cm³/mol. The van der Waals surface area contributed by atoms with Gasteiger partial charge in [-0.05, 0) is 19.1 Å². The molecule has 1 aromatic rings. The molecule has 1 unspecified atom stereocenters. The van der Waals surface area contributed by atoms with Crippen LogP contribution in [0, 0.1) is 0 Å². The Hall–Kier alpha value is -1.75. The van der Waals surface area contributed by atoms with Crippen molar-refractivity contribution in [1.82, 2.24) is 0 Å². The van der Waals surface area contributed by atoms with Gasteiger partial charge in [0.2, 0.25) is 0 Å². The van der Waals surface area contributed by atoms with E-state index in [1.165, 1.54) is 7.11 Å². The molecule has 94 valence electrons. The second-order valence-electron chi connectivity index (χ2n) is 3.52. The molecule has 1 aromatic carbocycles. The van der Waals surface area contributed by atoms with Gasteiger partial charge in [0, 0.05) is 12.0 Å². The summed E-state index contributed by atoms with van der Waals surface area (Å²) in [5, 5.41) is 8.82. The van der Waals surface area contributed by atoms with Crippen molar-refractivity contribution in [2.24, 2.45) is 5.73 Å². The molecule has 0 bridgehead atoms. The molecule has 3 N–H and O–H groups in total. The van der Waals surface area contributed by atoms with Crippen molar-refractivity contribution in [1.29, 1.82) is 0 Å². The van der Waals surface area contributed by atoms with Gasteiger partial charge in [-0.1, -0.05) is 6.07 Å². The topological polar surface area (TPSA) is 81.8 Å². The largest absolute Gasteiger partial charge is 0.496 e. The Morgan fingerprint density at radius 2 is 2.12 bits per heavy atom. The van der Waals surface area contributed by atoms with Crippen LogP contribution in [0.1, 0.15) is 12.5 Å². The van der Waals surface area contributed by atoms with Crippen molar-refractivity contribution in [3.63, 3.8) is 0 Å². The van der Waals surface area contributed by atoms with Gasteiger partial charge in [-0.25, -0.2) is 0 Å². The van der Waals surface area contributed by atoms with Crippen molar-refractivity contribution >= 4 is 5.97 Å². The van der Waals surface area contributed by atoms with E-state index in [0.29, 0.717) is 23.7 Å². The van der Waals surface area contributed by atoms with Gasteiger partial charge >= 0.3 is 5.97 Å². The molecule has 0 radical (unpaired) electrons. The van der Waals surface area contributed by atoms with Crippen LogP contribution in [0.3, 0.4) is 0 Å². The molecule has 0 fully saturated rings. The lowest BCUT2D eigenvalue weighted by molar-refractivity contribution is -0.138. The molecule has 0 aliphatic heterocycles. The highest BCUT2D eigenvalue weighted by atomic mass is 16.5. The summed E-state index contributed by atoms with van der Waals surface area (Å²) >= 11 is 0. The number of hydrogen-bond donors (Lipinski definition) is 2. The minimum Gasteiger partial charge on any atom is -0.496 e. The lowest BCUT2D eigenvalue weighted by Gasteiger charge is -2.15. The second kappa shape index (κ2) is 6.10. The van der Waals surface area contributed by atoms with E-state index in [4.69, 9.17) is 20.3 Å². The number of rotatable bonds is 6. The summed E-state index contributed by atoms with van der Waals surface area (Å²) in [7, 11) is 1.53. The van der Waals surface area contributed by atoms with Crippen LogP contribution < -0.4 is 15.2 Å². The van der Waals surface area contributed by atoms with Gasteiger partial charge in [0.05, 0.1) is 13.7 Å². The minimum absolute atomic E-state index is 0.175. The van der Waals surface area contributed by atoms with Crippen LogP contribution in [0.5, 0.6) is 11.5 Å². The number of methoxy groups -OCH3 is 1. The molecule has 5 nitrogen and oxygen atoms in total. The van der Waals surface area contributed by atoms with Gasteiger partial charge < -0.3 is 20.3 Å². The van der Waals surface area contributed by atoms with Gasteiger partial charge in [-0.3, -0.25) is 4.79 Å². The van der Waals surface area contributed by atoms with Crippen LogP contribution in [-0.4, -0.2) is 30.8 Å². The Labute approximate surface area is 100 Å². The third-order valence-corrected chi connectivity index (χ3v) is 2.35. The molecule has 0 heterocycles. The van der Waals surface area contributed by atoms with Gasteiger partial charge in [-0.2, -0.15) is 0 Å². The summed E-state index contributed by atoms with van der Waals surface area (Å²) in [5.41, 5.74) is 6.21. The van der Waals surface area contributed by atoms with Crippen LogP contribution >= 0.6 is 0 Å². The Morgan fingerprint density at radius 1 is 1.47 bits per heavy atom. The Morgan fingerprint density at radius 3 is 2.65 bits per heavy atom. The maximum Gasteiger partial charge on any atom is 0.320 e. The summed E-state index contributed by atoms with van der Waals surface area (Å²) in [4.78, 5) is 10.8. The Balaban J connectivity index is 3.03. The maximum absolute atomic E-state index is 10.8. The van der Waals surface area contributed by atoms with Crippen LogP contribution in [0.15, 0.2) is 18.2 Å². The van der Waals surface area contributed by atoms with E-state index < -0.39 is 12.0 Å². The molecule has 5 heteroatoms. The average Bonchev–Trinajstić information content (AvgIpc) is 2.31. The Bertz CT molecular complexity index is 392. The van der Waals surface area contributed by atoms with Gasteiger partial charge in [0.25, 0.3) is 0 Å². The highest BCUT2D eigenvalue weighted by Crippen LogP contribution is 2.29. The molecule has 0 saturated carbocycles. The van der Waals surface area contributed by atoms with E-state index >= 15 is 0 Å². The predicted octanol–water partition coefficient (Wildman–Crippen LogP) is 1.05. The monoisotopic (exact) mass is 239 g/mol. The number of benzene rings is 1. The molecule has 1 rings (SSSR count). The zero-order chi connectivity index (χ0) is 12.8. The first-order valence-corrected chi connectivity index (χ1v) is 5.37. The number of aliphatic carboxylic acids is 1. The fourth-order valence-corrected chi connectivity index (χ4v) is 1.54. The first kappa shape index (κ1) is 13.3. The average molecular weight is 239 g/mol. The zero-order valence-electron chi connectivity index (χ0n) is 9.97. The summed E-state index contributed by atoms with van der Waals surface area (Å²) in [5.74, 6) is 0.162. The van der Waals surface area contributed by atoms with E-state index in [0.717, 1.165) is 0 Å². The van der Waals surface area contributed by atoms with Crippen molar-refractivity contribution in [3.8, 4) is 11.5 Å². The first-order valence-electron chi connectivity index (χ1n) is 5.37. The molecular weight excluding hydrogens is 222 g/mol. The third-order valence-electron chi connectivity index (χ3n) is 2.35. The quantitative estimate of drug-likeness (QED) is 0.775. The minimum atomic E-state index is -1.04. The van der Waals surface area contributed by atoms with Gasteiger partial charge in [-0.15, -0.1) is 0 Å². The fraction of sp³-hybridized carbons (Fsp3) is 0.417. The molecule has 17 heavy (non-hydrogen) atoms. The number of carboxylic acids is 1. The van der Waals surface area contributed by atoms with Crippen LogP contribution in [0.4, 0.5) is 0 Å². The highest BCUT2D eigenvalue weighted by Gasteiger charge is 2.18. The van der Waals surface area contributed by atoms with E-state index in [1.54, 1.807) is 18.2 Å². The highest BCUT2D eigenvalue weighted by molar-refractivity contribution is 5.74. The lowest BCUT2D eigenvalue weighted by Crippen LogP contribution is -2.32. The number of carboxylic acid groups (broad SMARTS) is 1. The van der Waals surface area contributed by atoms with Crippen molar-refractivity contribution in [2.75, 3.05) is 13.7 Å². The molecule has 0 aliphatic carbocycles. The second-order valence-corrected chi connectivity index (χ2v) is 3.52. The smallest absolute Gasteiger partial charge is 0.320 e. The maximum atomic E-state index is 10.8. The lowest BCUT2D eigenvalue weighted by atomic mass is 10.0. The summed E-state index contributed by atoms with van der Waals surface area (Å²) in [6.45, 7) is 2.36. The van der Waals surface area contributed by atoms with Gasteiger partial charge in [0.15, 0.2) is 0 Å². The normalized spacial score (nSPS) is 11.9. The summed E-state index contributed by atoms with van der Waals surface area (Å²) in [6, 6.07) is 4.35. The molecule has 0 aliphatic rings. The zero-order valence-corrected chi connectivity index (χ0v) is 9.97. The summed E-state index contributed by atoms with van der Waals surface area (Å²) < 4.78 is 10.6. The van der Waals surface area contributed by atoms with Crippen molar-refractivity contribution in [3.05, 3.63) is 23.8 Å². The van der Waals surface area contributed by atoms with Crippen LogP contribution in [0.2, 0.25) is 0 Å².